The zero-order valence-electron chi connectivity index (χ0n) is 5.82. The van der Waals surface area contributed by atoms with Crippen LogP contribution in [0.4, 0.5) is 0 Å². The van der Waals surface area contributed by atoms with Crippen molar-refractivity contribution in [3.8, 4) is 0 Å². The van der Waals surface area contributed by atoms with Gasteiger partial charge >= 0.3 is 51.4 Å². The Balaban J connectivity index is 0. The maximum atomic E-state index is 9.47. The molecule has 0 aromatic rings. The Morgan fingerprint density at radius 3 is 1.75 bits per heavy atom. The van der Waals surface area contributed by atoms with Crippen LogP contribution in [0, 0.1) is 0 Å². The first-order valence-electron chi connectivity index (χ1n) is 2.11. The summed E-state index contributed by atoms with van der Waals surface area (Å²) in [6.45, 7) is 6.73. The van der Waals surface area contributed by atoms with Gasteiger partial charge in [0.25, 0.3) is 0 Å². The van der Waals surface area contributed by atoms with Crippen LogP contribution < -0.4 is 51.4 Å². The van der Waals surface area contributed by atoms with Gasteiger partial charge in [0.15, 0.2) is 0 Å². The number of carbonyl (C=O) groups excluding carboxylic acids is 1. The van der Waals surface area contributed by atoms with Gasteiger partial charge in [-0.15, -0.1) is 0 Å². The topological polar surface area (TPSA) is 26.3 Å². The maximum absolute atomic E-state index is 9.47. The smallest absolute Gasteiger partial charge is 0.649 e. The van der Waals surface area contributed by atoms with E-state index in [1.165, 1.54) is 6.47 Å². The summed E-state index contributed by atoms with van der Waals surface area (Å²) >= 11 is 0. The van der Waals surface area contributed by atoms with Crippen LogP contribution in [0.25, 0.3) is 0 Å². The standard InChI is InChI=1S/C5H9O2.K/c1-5(2,3)7-4-6;/h1-3H3;/q-1;+1. The first-order valence-corrected chi connectivity index (χ1v) is 2.11. The van der Waals surface area contributed by atoms with Crippen molar-refractivity contribution in [2.45, 2.75) is 26.4 Å². The maximum Gasteiger partial charge on any atom is 1.00 e. The third kappa shape index (κ3) is 10.2. The molecule has 0 atom stereocenters. The van der Waals surface area contributed by atoms with Gasteiger partial charge in [0.1, 0.15) is 0 Å². The van der Waals surface area contributed by atoms with E-state index in [1.807, 2.05) is 0 Å². The largest absolute Gasteiger partial charge is 1.00 e. The molecule has 0 spiro atoms. The number of ether oxygens (including phenoxy) is 1. The van der Waals surface area contributed by atoms with Crippen LogP contribution in [0.2, 0.25) is 0 Å². The zero-order valence-corrected chi connectivity index (χ0v) is 8.94. The van der Waals surface area contributed by atoms with Crippen LogP contribution in [0.5, 0.6) is 0 Å². The molecule has 8 heavy (non-hydrogen) atoms. The van der Waals surface area contributed by atoms with Gasteiger partial charge in [-0.05, 0) is 20.8 Å². The molecule has 0 aliphatic carbocycles. The molecule has 0 heterocycles. The summed E-state index contributed by atoms with van der Waals surface area (Å²) in [4.78, 5) is 9.47. The van der Waals surface area contributed by atoms with Gasteiger partial charge in [0.05, 0.1) is 5.60 Å². The fourth-order valence-electron chi connectivity index (χ4n) is 0.125. The molecule has 0 radical (unpaired) electrons. The van der Waals surface area contributed by atoms with Crippen molar-refractivity contribution in [2.75, 3.05) is 0 Å². The molecule has 0 aromatic heterocycles. The second-order valence-corrected chi connectivity index (χ2v) is 2.30. The summed E-state index contributed by atoms with van der Waals surface area (Å²) in [5, 5.41) is 0. The third-order valence-corrected chi connectivity index (χ3v) is 0.348. The van der Waals surface area contributed by atoms with Crippen molar-refractivity contribution >= 4 is 6.47 Å². The van der Waals surface area contributed by atoms with E-state index in [4.69, 9.17) is 0 Å². The Morgan fingerprint density at radius 1 is 1.38 bits per heavy atom. The molecule has 0 rings (SSSR count). The number of hydrogen-bond donors (Lipinski definition) is 0. The molecule has 42 valence electrons. The Morgan fingerprint density at radius 2 is 1.75 bits per heavy atom. The summed E-state index contributed by atoms with van der Waals surface area (Å²) in [6, 6.07) is 0. The minimum Gasteiger partial charge on any atom is -0.649 e. The van der Waals surface area contributed by atoms with Gasteiger partial charge in [0, 0.05) is 0 Å². The minimum absolute atomic E-state index is 0. The van der Waals surface area contributed by atoms with E-state index in [-0.39, 0.29) is 57.0 Å². The van der Waals surface area contributed by atoms with E-state index in [0.29, 0.717) is 0 Å². The molecular weight excluding hydrogens is 131 g/mol. The normalized spacial score (nSPS) is 9.38. The van der Waals surface area contributed by atoms with Crippen molar-refractivity contribution in [1.29, 1.82) is 0 Å². The Hall–Kier alpha value is 1.11. The molecule has 0 amide bonds. The number of rotatable bonds is 1. The molecular formula is C5H9KO2. The van der Waals surface area contributed by atoms with Crippen molar-refractivity contribution in [3.05, 3.63) is 0 Å². The molecule has 0 saturated carbocycles. The first-order chi connectivity index (χ1) is 3.06. The quantitative estimate of drug-likeness (QED) is 0.307. The minimum atomic E-state index is -0.373. The molecule has 0 fully saturated rings. The summed E-state index contributed by atoms with van der Waals surface area (Å²) in [5.74, 6) is 0. The number of hydrogen-bond acceptors (Lipinski definition) is 2. The van der Waals surface area contributed by atoms with Gasteiger partial charge in [-0.2, -0.15) is 0 Å². The van der Waals surface area contributed by atoms with Crippen molar-refractivity contribution in [3.63, 3.8) is 0 Å². The van der Waals surface area contributed by atoms with Crippen molar-refractivity contribution in [1.82, 2.24) is 0 Å². The van der Waals surface area contributed by atoms with Gasteiger partial charge in [-0.1, -0.05) is 6.47 Å². The van der Waals surface area contributed by atoms with Crippen LogP contribution >= 0.6 is 0 Å². The van der Waals surface area contributed by atoms with E-state index in [1.54, 1.807) is 20.8 Å². The van der Waals surface area contributed by atoms with Crippen molar-refractivity contribution in [2.24, 2.45) is 0 Å². The van der Waals surface area contributed by atoms with Crippen LogP contribution in [0.1, 0.15) is 20.8 Å². The van der Waals surface area contributed by atoms with E-state index in [2.05, 4.69) is 4.74 Å². The second kappa shape index (κ2) is 4.94. The van der Waals surface area contributed by atoms with E-state index in [0.717, 1.165) is 0 Å². The van der Waals surface area contributed by atoms with Gasteiger partial charge < -0.3 is 9.53 Å². The fraction of sp³-hybridized carbons (Fsp3) is 0.800. The molecule has 0 saturated heterocycles. The molecule has 0 aromatic carbocycles. The van der Waals surface area contributed by atoms with Crippen LogP contribution in [0.3, 0.4) is 0 Å². The first kappa shape index (κ1) is 11.8. The Labute approximate surface area is 92.4 Å². The fourth-order valence-corrected chi connectivity index (χ4v) is 0.125. The van der Waals surface area contributed by atoms with Crippen molar-refractivity contribution < 1.29 is 60.9 Å². The Kier molecular flexibility index (Phi) is 7.31. The molecule has 2 nitrogen and oxygen atoms in total. The zero-order chi connectivity index (χ0) is 5.91. The van der Waals surface area contributed by atoms with Gasteiger partial charge in [0.2, 0.25) is 0 Å². The van der Waals surface area contributed by atoms with E-state index >= 15 is 0 Å². The molecule has 3 heteroatoms. The average Bonchev–Trinajstić information content (AvgIpc) is 1.30. The van der Waals surface area contributed by atoms with Crippen LogP contribution in [0.15, 0.2) is 0 Å². The summed E-state index contributed by atoms with van der Waals surface area (Å²) in [7, 11) is 0. The second-order valence-electron chi connectivity index (χ2n) is 2.30. The molecule has 0 aliphatic rings. The molecule has 0 aliphatic heterocycles. The predicted molar refractivity (Wildman–Crippen MR) is 26.5 cm³/mol. The Bertz CT molecular complexity index is 65.3. The molecule has 0 bridgehead atoms. The molecule has 0 unspecified atom stereocenters. The van der Waals surface area contributed by atoms with Crippen LogP contribution in [-0.2, 0) is 9.53 Å². The van der Waals surface area contributed by atoms with Gasteiger partial charge in [-0.3, -0.25) is 0 Å². The summed E-state index contributed by atoms with van der Waals surface area (Å²) < 4.78 is 4.42. The average molecular weight is 140 g/mol. The van der Waals surface area contributed by atoms with E-state index in [9.17, 15) is 4.79 Å². The molecule has 0 N–H and O–H groups in total. The summed E-state index contributed by atoms with van der Waals surface area (Å²) in [6.07, 6.45) is 0. The summed E-state index contributed by atoms with van der Waals surface area (Å²) in [5.41, 5.74) is -0.373. The third-order valence-electron chi connectivity index (χ3n) is 0.348. The van der Waals surface area contributed by atoms with E-state index < -0.39 is 0 Å². The predicted octanol–water partition coefficient (Wildman–Crippen LogP) is -2.13. The van der Waals surface area contributed by atoms with Gasteiger partial charge in [-0.25, -0.2) is 0 Å². The van der Waals surface area contributed by atoms with Crippen LogP contribution in [-0.4, -0.2) is 12.1 Å². The SMILES string of the molecule is CC(C)(C)O[C-]=O.[K+]. The monoisotopic (exact) mass is 140 g/mol.